The van der Waals surface area contributed by atoms with Crippen LogP contribution in [0.25, 0.3) is 0 Å². The SMILES string of the molecule is CC1CCN(C(=O)c2ccc(NCc3ccccc3F)cn2)CC1. The van der Waals surface area contributed by atoms with Gasteiger partial charge in [-0.2, -0.15) is 0 Å². The lowest BCUT2D eigenvalue weighted by Gasteiger charge is -2.30. The Morgan fingerprint density at radius 3 is 2.67 bits per heavy atom. The van der Waals surface area contributed by atoms with E-state index in [1.165, 1.54) is 6.07 Å². The van der Waals surface area contributed by atoms with E-state index >= 15 is 0 Å². The first-order valence-electron chi connectivity index (χ1n) is 8.36. The molecule has 0 bridgehead atoms. The fourth-order valence-corrected chi connectivity index (χ4v) is 2.84. The van der Waals surface area contributed by atoms with E-state index in [1.807, 2.05) is 11.0 Å². The van der Waals surface area contributed by atoms with Crippen molar-refractivity contribution in [2.75, 3.05) is 18.4 Å². The van der Waals surface area contributed by atoms with Crippen LogP contribution in [0.1, 0.15) is 35.8 Å². The van der Waals surface area contributed by atoms with Crippen LogP contribution in [0, 0.1) is 11.7 Å². The normalized spacial score (nSPS) is 15.3. The molecule has 1 aliphatic rings. The predicted molar refractivity (Wildman–Crippen MR) is 92.3 cm³/mol. The first kappa shape index (κ1) is 16.4. The van der Waals surface area contributed by atoms with Crippen LogP contribution in [-0.4, -0.2) is 28.9 Å². The molecular formula is C19H22FN3O. The van der Waals surface area contributed by atoms with Gasteiger partial charge in [0.2, 0.25) is 0 Å². The van der Waals surface area contributed by atoms with Crippen LogP contribution in [0.2, 0.25) is 0 Å². The second-order valence-electron chi connectivity index (χ2n) is 6.35. The Hall–Kier alpha value is -2.43. The van der Waals surface area contributed by atoms with Crippen LogP contribution < -0.4 is 5.32 Å². The molecule has 0 radical (unpaired) electrons. The minimum absolute atomic E-state index is 0.0115. The third-order valence-electron chi connectivity index (χ3n) is 4.49. The van der Waals surface area contributed by atoms with Gasteiger partial charge in [0.05, 0.1) is 11.9 Å². The topological polar surface area (TPSA) is 45.2 Å². The van der Waals surface area contributed by atoms with Gasteiger partial charge in [-0.3, -0.25) is 4.79 Å². The van der Waals surface area contributed by atoms with Crippen LogP contribution >= 0.6 is 0 Å². The van der Waals surface area contributed by atoms with Gasteiger partial charge < -0.3 is 10.2 Å². The minimum atomic E-state index is -0.232. The van der Waals surface area contributed by atoms with Gasteiger partial charge in [0.15, 0.2) is 0 Å². The molecule has 1 fully saturated rings. The van der Waals surface area contributed by atoms with E-state index < -0.39 is 0 Å². The average molecular weight is 327 g/mol. The highest BCUT2D eigenvalue weighted by molar-refractivity contribution is 5.92. The minimum Gasteiger partial charge on any atom is -0.380 e. The van der Waals surface area contributed by atoms with E-state index in [-0.39, 0.29) is 11.7 Å². The summed E-state index contributed by atoms with van der Waals surface area (Å²) in [7, 11) is 0. The van der Waals surface area contributed by atoms with Crippen LogP contribution in [0.3, 0.4) is 0 Å². The van der Waals surface area contributed by atoms with Gasteiger partial charge in [0.25, 0.3) is 5.91 Å². The zero-order valence-electron chi connectivity index (χ0n) is 13.8. The highest BCUT2D eigenvalue weighted by Crippen LogP contribution is 2.18. The molecule has 0 aliphatic carbocycles. The zero-order valence-corrected chi connectivity index (χ0v) is 13.8. The van der Waals surface area contributed by atoms with Crippen molar-refractivity contribution in [2.24, 2.45) is 5.92 Å². The van der Waals surface area contributed by atoms with Crippen LogP contribution in [-0.2, 0) is 6.54 Å². The van der Waals surface area contributed by atoms with Crippen molar-refractivity contribution in [3.63, 3.8) is 0 Å². The number of nitrogens with one attached hydrogen (secondary N) is 1. The van der Waals surface area contributed by atoms with Gasteiger partial charge >= 0.3 is 0 Å². The number of amides is 1. The van der Waals surface area contributed by atoms with Crippen molar-refractivity contribution >= 4 is 11.6 Å². The summed E-state index contributed by atoms with van der Waals surface area (Å²) in [4.78, 5) is 18.6. The van der Waals surface area contributed by atoms with Crippen molar-refractivity contribution in [2.45, 2.75) is 26.3 Å². The van der Waals surface area contributed by atoms with Gasteiger partial charge in [0.1, 0.15) is 11.5 Å². The Morgan fingerprint density at radius 2 is 2.00 bits per heavy atom. The third-order valence-corrected chi connectivity index (χ3v) is 4.49. The number of benzene rings is 1. The molecule has 2 heterocycles. The van der Waals surface area contributed by atoms with E-state index in [2.05, 4.69) is 17.2 Å². The molecular weight excluding hydrogens is 305 g/mol. The van der Waals surface area contributed by atoms with Crippen LogP contribution in [0.4, 0.5) is 10.1 Å². The second-order valence-corrected chi connectivity index (χ2v) is 6.35. The largest absolute Gasteiger partial charge is 0.380 e. The molecule has 1 aromatic heterocycles. The number of hydrogen-bond donors (Lipinski definition) is 1. The number of aromatic nitrogens is 1. The highest BCUT2D eigenvalue weighted by Gasteiger charge is 2.22. The van der Waals surface area contributed by atoms with E-state index in [9.17, 15) is 9.18 Å². The summed E-state index contributed by atoms with van der Waals surface area (Å²) in [6.45, 7) is 4.20. The summed E-state index contributed by atoms with van der Waals surface area (Å²) < 4.78 is 13.6. The van der Waals surface area contributed by atoms with Crippen molar-refractivity contribution in [1.29, 1.82) is 0 Å². The number of anilines is 1. The van der Waals surface area contributed by atoms with Gasteiger partial charge in [-0.05, 0) is 37.0 Å². The van der Waals surface area contributed by atoms with Crippen molar-refractivity contribution < 1.29 is 9.18 Å². The zero-order chi connectivity index (χ0) is 16.9. The maximum Gasteiger partial charge on any atom is 0.272 e. The lowest BCUT2D eigenvalue weighted by Crippen LogP contribution is -2.38. The number of likely N-dealkylation sites (tertiary alicyclic amines) is 1. The molecule has 1 aliphatic heterocycles. The summed E-state index contributed by atoms with van der Waals surface area (Å²) in [5, 5.41) is 3.13. The summed E-state index contributed by atoms with van der Waals surface area (Å²) in [5.41, 5.74) is 1.82. The molecule has 1 aromatic carbocycles. The summed E-state index contributed by atoms with van der Waals surface area (Å²) in [6, 6.07) is 10.2. The molecule has 5 heteroatoms. The molecule has 3 rings (SSSR count). The summed E-state index contributed by atoms with van der Waals surface area (Å²) >= 11 is 0. The number of pyridine rings is 1. The number of rotatable bonds is 4. The maximum absolute atomic E-state index is 13.6. The molecule has 1 saturated heterocycles. The van der Waals surface area contributed by atoms with Crippen LogP contribution in [0.15, 0.2) is 42.6 Å². The number of nitrogens with zero attached hydrogens (tertiary/aromatic N) is 2. The lowest BCUT2D eigenvalue weighted by atomic mass is 9.99. The third kappa shape index (κ3) is 3.91. The number of hydrogen-bond acceptors (Lipinski definition) is 3. The Bertz CT molecular complexity index is 694. The van der Waals surface area contributed by atoms with E-state index in [4.69, 9.17) is 0 Å². The first-order chi connectivity index (χ1) is 11.6. The Morgan fingerprint density at radius 1 is 1.25 bits per heavy atom. The average Bonchev–Trinajstić information content (AvgIpc) is 2.62. The van der Waals surface area contributed by atoms with E-state index in [0.717, 1.165) is 31.6 Å². The highest BCUT2D eigenvalue weighted by atomic mass is 19.1. The molecule has 1 amide bonds. The van der Waals surface area contributed by atoms with E-state index in [0.29, 0.717) is 23.7 Å². The van der Waals surface area contributed by atoms with Crippen LogP contribution in [0.5, 0.6) is 0 Å². The first-order valence-corrected chi connectivity index (χ1v) is 8.36. The second kappa shape index (κ2) is 7.43. The maximum atomic E-state index is 13.6. The van der Waals surface area contributed by atoms with Gasteiger partial charge in [-0.15, -0.1) is 0 Å². The Balaban J connectivity index is 1.59. The predicted octanol–water partition coefficient (Wildman–Crippen LogP) is 3.70. The molecule has 0 saturated carbocycles. The number of piperidine rings is 1. The van der Waals surface area contributed by atoms with E-state index in [1.54, 1.807) is 30.5 Å². The van der Waals surface area contributed by atoms with Gasteiger partial charge in [-0.25, -0.2) is 9.37 Å². The fraction of sp³-hybridized carbons (Fsp3) is 0.368. The molecule has 4 nitrogen and oxygen atoms in total. The Kier molecular flexibility index (Phi) is 5.08. The smallest absolute Gasteiger partial charge is 0.272 e. The standard InChI is InChI=1S/C19H22FN3O/c1-14-8-10-23(11-9-14)19(24)18-7-6-16(13-22-18)21-12-15-4-2-3-5-17(15)20/h2-7,13-14,21H,8-12H2,1H3. The number of carbonyl (C=O) groups is 1. The fourth-order valence-electron chi connectivity index (χ4n) is 2.84. The molecule has 0 atom stereocenters. The molecule has 0 unspecified atom stereocenters. The molecule has 0 spiro atoms. The van der Waals surface area contributed by atoms with Crippen molar-refractivity contribution in [3.8, 4) is 0 Å². The lowest BCUT2D eigenvalue weighted by molar-refractivity contribution is 0.0691. The Labute approximate surface area is 141 Å². The molecule has 1 N–H and O–H groups in total. The monoisotopic (exact) mass is 327 g/mol. The molecule has 2 aromatic rings. The molecule has 24 heavy (non-hydrogen) atoms. The quantitative estimate of drug-likeness (QED) is 0.931. The van der Waals surface area contributed by atoms with Crippen molar-refractivity contribution in [1.82, 2.24) is 9.88 Å². The number of carbonyl (C=O) groups excluding carboxylic acids is 1. The number of halogens is 1. The van der Waals surface area contributed by atoms with Gasteiger partial charge in [0, 0.05) is 25.2 Å². The summed E-state index contributed by atoms with van der Waals surface area (Å²) in [6.07, 6.45) is 3.72. The molecule has 126 valence electrons. The van der Waals surface area contributed by atoms with Gasteiger partial charge in [-0.1, -0.05) is 25.1 Å². The summed E-state index contributed by atoms with van der Waals surface area (Å²) in [5.74, 6) is 0.443. The van der Waals surface area contributed by atoms with Crippen molar-refractivity contribution in [3.05, 3.63) is 59.7 Å².